The second-order valence-corrected chi connectivity index (χ2v) is 6.08. The molecule has 0 radical (unpaired) electrons. The number of hydrogen-bond acceptors (Lipinski definition) is 0. The monoisotopic (exact) mass is 262 g/mol. The van der Waals surface area contributed by atoms with Crippen molar-refractivity contribution in [3.05, 3.63) is 83.4 Å². The number of allylic oxidation sites excluding steroid dienone is 2. The summed E-state index contributed by atoms with van der Waals surface area (Å²) < 4.78 is 0. The van der Waals surface area contributed by atoms with Crippen molar-refractivity contribution in [3.63, 3.8) is 0 Å². The number of rotatable bonds is 4. The van der Waals surface area contributed by atoms with Crippen molar-refractivity contribution in [2.45, 2.75) is 32.6 Å². The minimum atomic E-state index is 0.390. The van der Waals surface area contributed by atoms with Crippen molar-refractivity contribution in [1.29, 1.82) is 0 Å². The van der Waals surface area contributed by atoms with Crippen molar-refractivity contribution < 1.29 is 0 Å². The minimum absolute atomic E-state index is 0.390. The first-order valence-corrected chi connectivity index (χ1v) is 7.54. The van der Waals surface area contributed by atoms with Crippen molar-refractivity contribution in [2.75, 3.05) is 0 Å². The maximum atomic E-state index is 2.49. The summed E-state index contributed by atoms with van der Waals surface area (Å²) in [6, 6.07) is 21.7. The molecule has 0 heterocycles. The molecule has 3 rings (SSSR count). The van der Waals surface area contributed by atoms with Gasteiger partial charge in [0, 0.05) is 5.92 Å². The molecule has 0 nitrogen and oxygen atoms in total. The summed E-state index contributed by atoms with van der Waals surface area (Å²) in [5.41, 5.74) is 4.85. The Balaban J connectivity index is 1.98. The van der Waals surface area contributed by atoms with E-state index in [9.17, 15) is 0 Å². The van der Waals surface area contributed by atoms with E-state index in [4.69, 9.17) is 0 Å². The smallest absolute Gasteiger partial charge is 0.0272 e. The van der Waals surface area contributed by atoms with Crippen LogP contribution in [0.1, 0.15) is 43.7 Å². The standard InChI is InChI=1S/C20H22/c1-3-20(2)15-18(20)14-19(16-10-6-4-7-11-16)17-12-8-5-9-13-17/h4-14,19H,3,15H2,1-2H3/b18-14+/t20-/m0/s1. The number of benzene rings is 2. The molecule has 0 aliphatic heterocycles. The molecule has 0 bridgehead atoms. The predicted molar refractivity (Wildman–Crippen MR) is 85.8 cm³/mol. The van der Waals surface area contributed by atoms with E-state index in [-0.39, 0.29) is 0 Å². The van der Waals surface area contributed by atoms with Crippen LogP contribution in [0.15, 0.2) is 72.3 Å². The van der Waals surface area contributed by atoms with Gasteiger partial charge >= 0.3 is 0 Å². The Morgan fingerprint density at radius 2 is 1.45 bits per heavy atom. The van der Waals surface area contributed by atoms with E-state index in [2.05, 4.69) is 80.6 Å². The Labute approximate surface area is 122 Å². The van der Waals surface area contributed by atoms with Crippen LogP contribution in [0.4, 0.5) is 0 Å². The van der Waals surface area contributed by atoms with Crippen molar-refractivity contribution in [3.8, 4) is 0 Å². The summed E-state index contributed by atoms with van der Waals surface area (Å²) in [7, 11) is 0. The first kappa shape index (κ1) is 13.2. The molecule has 2 aromatic carbocycles. The molecule has 0 unspecified atom stereocenters. The van der Waals surface area contributed by atoms with Gasteiger partial charge < -0.3 is 0 Å². The van der Waals surface area contributed by atoms with E-state index in [1.54, 1.807) is 5.57 Å². The third kappa shape index (κ3) is 2.56. The van der Waals surface area contributed by atoms with Crippen LogP contribution in [0.3, 0.4) is 0 Å². The molecule has 0 heteroatoms. The lowest BCUT2D eigenvalue weighted by Gasteiger charge is -2.14. The van der Waals surface area contributed by atoms with Crippen molar-refractivity contribution in [1.82, 2.24) is 0 Å². The molecule has 0 saturated heterocycles. The maximum absolute atomic E-state index is 2.49. The van der Waals surface area contributed by atoms with E-state index in [0.29, 0.717) is 11.3 Å². The molecule has 0 amide bonds. The molecule has 1 aliphatic rings. The molecule has 20 heavy (non-hydrogen) atoms. The van der Waals surface area contributed by atoms with Gasteiger partial charge in [-0.15, -0.1) is 0 Å². The molecule has 1 aliphatic carbocycles. The fourth-order valence-corrected chi connectivity index (χ4v) is 2.90. The molecular formula is C20H22. The SMILES string of the molecule is CC[C@@]1(C)C/C1=C\C(c1ccccc1)c1ccccc1. The molecule has 102 valence electrons. The lowest BCUT2D eigenvalue weighted by molar-refractivity contribution is 0.578. The topological polar surface area (TPSA) is 0 Å². The summed E-state index contributed by atoms with van der Waals surface area (Å²) in [4.78, 5) is 0. The van der Waals surface area contributed by atoms with Gasteiger partial charge in [0.05, 0.1) is 0 Å². The van der Waals surface area contributed by atoms with Crippen LogP contribution in [0.2, 0.25) is 0 Å². The quantitative estimate of drug-likeness (QED) is 0.632. The Bertz CT molecular complexity index is 555. The van der Waals surface area contributed by atoms with Crippen molar-refractivity contribution in [2.24, 2.45) is 5.41 Å². The van der Waals surface area contributed by atoms with Crippen LogP contribution in [0, 0.1) is 5.41 Å². The van der Waals surface area contributed by atoms with Gasteiger partial charge in [0.15, 0.2) is 0 Å². The van der Waals surface area contributed by atoms with Gasteiger partial charge in [0.1, 0.15) is 0 Å². The average Bonchev–Trinajstić information content (AvgIpc) is 3.17. The second kappa shape index (κ2) is 5.28. The lowest BCUT2D eigenvalue weighted by Crippen LogP contribution is -1.98. The highest BCUT2D eigenvalue weighted by atomic mass is 14.5. The molecular weight excluding hydrogens is 240 g/mol. The normalized spacial score (nSPS) is 23.2. The van der Waals surface area contributed by atoms with Gasteiger partial charge in [-0.1, -0.05) is 86.2 Å². The van der Waals surface area contributed by atoms with E-state index in [1.165, 1.54) is 24.0 Å². The van der Waals surface area contributed by atoms with E-state index in [1.807, 2.05) is 0 Å². The largest absolute Gasteiger partial charge is 0.0728 e. The molecule has 0 aromatic heterocycles. The van der Waals surface area contributed by atoms with Gasteiger partial charge in [-0.2, -0.15) is 0 Å². The van der Waals surface area contributed by atoms with E-state index >= 15 is 0 Å². The minimum Gasteiger partial charge on any atom is -0.0728 e. The van der Waals surface area contributed by atoms with Gasteiger partial charge in [-0.25, -0.2) is 0 Å². The van der Waals surface area contributed by atoms with Gasteiger partial charge in [-0.3, -0.25) is 0 Å². The fourth-order valence-electron chi connectivity index (χ4n) is 2.90. The molecule has 1 atom stereocenters. The van der Waals surface area contributed by atoms with Crippen LogP contribution in [-0.4, -0.2) is 0 Å². The summed E-state index contributed by atoms with van der Waals surface area (Å²) in [5, 5.41) is 0. The summed E-state index contributed by atoms with van der Waals surface area (Å²) in [6.07, 6.45) is 5.00. The molecule has 1 fully saturated rings. The zero-order chi connectivity index (χ0) is 14.0. The Kier molecular flexibility index (Phi) is 3.48. The first-order valence-electron chi connectivity index (χ1n) is 7.54. The zero-order valence-electron chi connectivity index (χ0n) is 12.3. The number of hydrogen-bond donors (Lipinski definition) is 0. The Morgan fingerprint density at radius 3 is 1.85 bits per heavy atom. The maximum Gasteiger partial charge on any atom is 0.0272 e. The average molecular weight is 262 g/mol. The molecule has 0 N–H and O–H groups in total. The zero-order valence-corrected chi connectivity index (χ0v) is 12.3. The van der Waals surface area contributed by atoms with E-state index in [0.717, 1.165) is 0 Å². The molecule has 1 saturated carbocycles. The van der Waals surface area contributed by atoms with Crippen LogP contribution < -0.4 is 0 Å². The molecule has 2 aromatic rings. The summed E-state index contributed by atoms with van der Waals surface area (Å²) in [5.74, 6) is 0.390. The van der Waals surface area contributed by atoms with E-state index < -0.39 is 0 Å². The Hall–Kier alpha value is -1.82. The van der Waals surface area contributed by atoms with Crippen molar-refractivity contribution >= 4 is 0 Å². The lowest BCUT2D eigenvalue weighted by atomic mass is 9.90. The molecule has 0 spiro atoms. The summed E-state index contributed by atoms with van der Waals surface area (Å²) in [6.45, 7) is 4.67. The van der Waals surface area contributed by atoms with Crippen LogP contribution >= 0.6 is 0 Å². The van der Waals surface area contributed by atoms with Gasteiger partial charge in [0.2, 0.25) is 0 Å². The van der Waals surface area contributed by atoms with Crippen LogP contribution in [-0.2, 0) is 0 Å². The second-order valence-electron chi connectivity index (χ2n) is 6.08. The highest BCUT2D eigenvalue weighted by molar-refractivity contribution is 5.42. The third-order valence-corrected chi connectivity index (χ3v) is 4.70. The van der Waals surface area contributed by atoms with Crippen LogP contribution in [0.25, 0.3) is 0 Å². The van der Waals surface area contributed by atoms with Gasteiger partial charge in [-0.05, 0) is 29.4 Å². The highest BCUT2D eigenvalue weighted by Gasteiger charge is 2.42. The summed E-state index contributed by atoms with van der Waals surface area (Å²) >= 11 is 0. The van der Waals surface area contributed by atoms with Crippen LogP contribution in [0.5, 0.6) is 0 Å². The predicted octanol–water partition coefficient (Wildman–Crippen LogP) is 5.56. The Morgan fingerprint density at radius 1 is 0.950 bits per heavy atom. The van der Waals surface area contributed by atoms with Gasteiger partial charge in [0.25, 0.3) is 0 Å². The third-order valence-electron chi connectivity index (χ3n) is 4.70. The fraction of sp³-hybridized carbons (Fsp3) is 0.300. The highest BCUT2D eigenvalue weighted by Crippen LogP contribution is 2.55. The first-order chi connectivity index (χ1) is 9.73.